The summed E-state index contributed by atoms with van der Waals surface area (Å²) in [4.78, 5) is 2.19. The van der Waals surface area contributed by atoms with Crippen LogP contribution in [0.25, 0.3) is 0 Å². The average molecular weight is 242 g/mol. The fraction of sp³-hybridized carbons (Fsp3) is 0.556. The summed E-state index contributed by atoms with van der Waals surface area (Å²) in [5, 5.41) is 8.17. The minimum Gasteiger partial charge on any atom is -0.347 e. The van der Waals surface area contributed by atoms with Crippen LogP contribution >= 0.6 is 24.0 Å². The van der Waals surface area contributed by atoms with E-state index in [0.29, 0.717) is 0 Å². The standard InChI is InChI=1S/C9H14N4S2/c1-12-3-2-8(11-12)10-9(14)13-4-6-15-7-5-13/h2-3H,4-7H2,1H3,(H,10,11,14). The van der Waals surface area contributed by atoms with Gasteiger partial charge in [0.1, 0.15) is 0 Å². The van der Waals surface area contributed by atoms with E-state index in [0.717, 1.165) is 35.5 Å². The third-order valence-electron chi connectivity index (χ3n) is 2.25. The van der Waals surface area contributed by atoms with E-state index in [1.165, 1.54) is 0 Å². The van der Waals surface area contributed by atoms with Crippen LogP contribution in [0.15, 0.2) is 12.3 Å². The van der Waals surface area contributed by atoms with Gasteiger partial charge in [-0.1, -0.05) is 0 Å². The molecule has 4 nitrogen and oxygen atoms in total. The molecule has 82 valence electrons. The van der Waals surface area contributed by atoms with E-state index in [9.17, 15) is 0 Å². The van der Waals surface area contributed by atoms with Crippen LogP contribution in [0.1, 0.15) is 0 Å². The Morgan fingerprint density at radius 2 is 2.27 bits per heavy atom. The Kier molecular flexibility index (Phi) is 3.48. The number of hydrogen-bond donors (Lipinski definition) is 1. The first kappa shape index (κ1) is 10.8. The van der Waals surface area contributed by atoms with E-state index in [1.807, 2.05) is 31.1 Å². The molecule has 15 heavy (non-hydrogen) atoms. The van der Waals surface area contributed by atoms with Gasteiger partial charge in [-0.15, -0.1) is 0 Å². The largest absolute Gasteiger partial charge is 0.347 e. The molecule has 1 N–H and O–H groups in total. The topological polar surface area (TPSA) is 33.1 Å². The summed E-state index contributed by atoms with van der Waals surface area (Å²) in [6, 6.07) is 1.92. The molecule has 0 radical (unpaired) electrons. The Morgan fingerprint density at radius 1 is 1.53 bits per heavy atom. The summed E-state index contributed by atoms with van der Waals surface area (Å²) < 4.78 is 1.76. The van der Waals surface area contributed by atoms with E-state index < -0.39 is 0 Å². The Balaban J connectivity index is 1.91. The quantitative estimate of drug-likeness (QED) is 0.748. The summed E-state index contributed by atoms with van der Waals surface area (Å²) in [5.74, 6) is 3.13. The third kappa shape index (κ3) is 2.85. The van der Waals surface area contributed by atoms with Crippen LogP contribution in [-0.2, 0) is 7.05 Å². The molecule has 0 saturated carbocycles. The Morgan fingerprint density at radius 3 is 2.87 bits per heavy atom. The predicted octanol–water partition coefficient (Wildman–Crippen LogP) is 1.17. The number of aromatic nitrogens is 2. The molecule has 1 saturated heterocycles. The van der Waals surface area contributed by atoms with Crippen molar-refractivity contribution in [3.8, 4) is 0 Å². The van der Waals surface area contributed by atoms with Gasteiger partial charge in [-0.3, -0.25) is 4.68 Å². The lowest BCUT2D eigenvalue weighted by Crippen LogP contribution is -2.40. The van der Waals surface area contributed by atoms with Crippen molar-refractivity contribution in [3.63, 3.8) is 0 Å². The van der Waals surface area contributed by atoms with Gasteiger partial charge >= 0.3 is 0 Å². The van der Waals surface area contributed by atoms with E-state index in [1.54, 1.807) is 4.68 Å². The third-order valence-corrected chi connectivity index (χ3v) is 3.55. The van der Waals surface area contributed by atoms with Crippen molar-refractivity contribution in [2.45, 2.75) is 0 Å². The molecule has 0 aromatic carbocycles. The van der Waals surface area contributed by atoms with Crippen LogP contribution in [-0.4, -0.2) is 44.4 Å². The molecule has 0 atom stereocenters. The lowest BCUT2D eigenvalue weighted by atomic mass is 10.5. The SMILES string of the molecule is Cn1ccc(NC(=S)N2CCSCC2)n1. The zero-order chi connectivity index (χ0) is 10.7. The number of thioether (sulfide) groups is 1. The van der Waals surface area contributed by atoms with Crippen molar-refractivity contribution in [3.05, 3.63) is 12.3 Å². The van der Waals surface area contributed by atoms with Gasteiger partial charge in [0.25, 0.3) is 0 Å². The Bertz CT molecular complexity index is 344. The van der Waals surface area contributed by atoms with Gasteiger partial charge < -0.3 is 10.2 Å². The van der Waals surface area contributed by atoms with Gasteiger partial charge in [-0.05, 0) is 12.2 Å². The van der Waals surface area contributed by atoms with Crippen LogP contribution in [0.4, 0.5) is 5.82 Å². The van der Waals surface area contributed by atoms with Crippen molar-refractivity contribution >= 4 is 34.9 Å². The lowest BCUT2D eigenvalue weighted by molar-refractivity contribution is 0.470. The van der Waals surface area contributed by atoms with Crippen LogP contribution in [0.3, 0.4) is 0 Å². The normalized spacial score (nSPS) is 16.5. The van der Waals surface area contributed by atoms with Crippen LogP contribution in [0, 0.1) is 0 Å². The number of nitrogens with one attached hydrogen (secondary N) is 1. The van der Waals surface area contributed by atoms with E-state index >= 15 is 0 Å². The van der Waals surface area contributed by atoms with Gasteiger partial charge in [0.2, 0.25) is 0 Å². The van der Waals surface area contributed by atoms with Crippen LogP contribution < -0.4 is 5.32 Å². The number of rotatable bonds is 1. The maximum absolute atomic E-state index is 5.32. The summed E-state index contributed by atoms with van der Waals surface area (Å²) >= 11 is 7.30. The van der Waals surface area contributed by atoms with Crippen LogP contribution in [0.2, 0.25) is 0 Å². The molecule has 1 aliphatic rings. The molecule has 6 heteroatoms. The first-order valence-corrected chi connectivity index (χ1v) is 6.45. The molecule has 1 aliphatic heterocycles. The van der Waals surface area contributed by atoms with Crippen molar-refractivity contribution in [1.82, 2.24) is 14.7 Å². The molecule has 0 unspecified atom stereocenters. The summed E-state index contributed by atoms with van der Waals surface area (Å²) in [5.41, 5.74) is 0. The molecule has 1 aromatic heterocycles. The predicted molar refractivity (Wildman–Crippen MR) is 68.3 cm³/mol. The number of aryl methyl sites for hydroxylation is 1. The Hall–Kier alpha value is -0.750. The molecular weight excluding hydrogens is 228 g/mol. The summed E-state index contributed by atoms with van der Waals surface area (Å²) in [6.45, 7) is 2.06. The van der Waals surface area contributed by atoms with Gasteiger partial charge in [0.05, 0.1) is 0 Å². The fourth-order valence-corrected chi connectivity index (χ4v) is 2.63. The van der Waals surface area contributed by atoms with E-state index in [-0.39, 0.29) is 0 Å². The first-order chi connectivity index (χ1) is 7.25. The molecule has 1 fully saturated rings. The van der Waals surface area contributed by atoms with Crippen molar-refractivity contribution in [1.29, 1.82) is 0 Å². The highest BCUT2D eigenvalue weighted by molar-refractivity contribution is 7.99. The fourth-order valence-electron chi connectivity index (χ4n) is 1.44. The number of hydrogen-bond acceptors (Lipinski definition) is 3. The second kappa shape index (κ2) is 4.85. The van der Waals surface area contributed by atoms with Gasteiger partial charge in [-0.25, -0.2) is 0 Å². The highest BCUT2D eigenvalue weighted by atomic mass is 32.2. The number of thiocarbonyl (C=S) groups is 1. The monoisotopic (exact) mass is 242 g/mol. The second-order valence-electron chi connectivity index (χ2n) is 3.40. The second-order valence-corrected chi connectivity index (χ2v) is 5.02. The number of nitrogens with zero attached hydrogens (tertiary/aromatic N) is 3. The molecule has 2 heterocycles. The lowest BCUT2D eigenvalue weighted by Gasteiger charge is -2.28. The highest BCUT2D eigenvalue weighted by Crippen LogP contribution is 2.11. The smallest absolute Gasteiger partial charge is 0.174 e. The minimum absolute atomic E-state index is 0.786. The molecule has 1 aromatic rings. The van der Waals surface area contributed by atoms with Crippen molar-refractivity contribution < 1.29 is 0 Å². The highest BCUT2D eigenvalue weighted by Gasteiger charge is 2.13. The van der Waals surface area contributed by atoms with E-state index in [2.05, 4.69) is 15.3 Å². The zero-order valence-corrected chi connectivity index (χ0v) is 10.3. The molecule has 0 bridgehead atoms. The van der Waals surface area contributed by atoms with Gasteiger partial charge in [0.15, 0.2) is 10.9 Å². The van der Waals surface area contributed by atoms with Crippen molar-refractivity contribution in [2.75, 3.05) is 29.9 Å². The zero-order valence-electron chi connectivity index (χ0n) is 8.64. The molecule has 0 aliphatic carbocycles. The summed E-state index contributed by atoms with van der Waals surface area (Å²) in [6.07, 6.45) is 1.90. The van der Waals surface area contributed by atoms with Crippen molar-refractivity contribution in [2.24, 2.45) is 7.05 Å². The van der Waals surface area contributed by atoms with Gasteiger partial charge in [-0.2, -0.15) is 16.9 Å². The maximum atomic E-state index is 5.32. The van der Waals surface area contributed by atoms with E-state index in [4.69, 9.17) is 12.2 Å². The molecular formula is C9H14N4S2. The van der Waals surface area contributed by atoms with Gasteiger partial charge in [0, 0.05) is 43.9 Å². The van der Waals surface area contributed by atoms with Crippen LogP contribution in [0.5, 0.6) is 0 Å². The Labute approximate surface area is 99.0 Å². The average Bonchev–Trinajstić information content (AvgIpc) is 2.65. The first-order valence-electron chi connectivity index (χ1n) is 4.89. The summed E-state index contributed by atoms with van der Waals surface area (Å²) in [7, 11) is 1.89. The molecule has 0 spiro atoms. The maximum Gasteiger partial charge on any atom is 0.174 e. The molecule has 0 amide bonds. The number of anilines is 1. The minimum atomic E-state index is 0.786. The molecule has 2 rings (SSSR count).